The number of anilines is 3. The molecule has 0 amide bonds. The first kappa shape index (κ1) is 20.4. The van der Waals surface area contributed by atoms with Gasteiger partial charge < -0.3 is 11.1 Å². The van der Waals surface area contributed by atoms with E-state index in [4.69, 9.17) is 45.7 Å². The molecule has 0 aliphatic heterocycles. The molecule has 28 heavy (non-hydrogen) atoms. The number of carbonyl (C=O) groups excluding carboxylic acids is 1. The number of rotatable bonds is 4. The second kappa shape index (κ2) is 7.57. The molecule has 0 atom stereocenters. The van der Waals surface area contributed by atoms with Crippen LogP contribution in [0.1, 0.15) is 10.4 Å². The number of nitrogens with two attached hydrogens (primary N) is 2. The molecule has 1 heterocycles. The molecule has 146 valence electrons. The van der Waals surface area contributed by atoms with Crippen molar-refractivity contribution in [2.24, 2.45) is 5.14 Å². The van der Waals surface area contributed by atoms with E-state index in [0.29, 0.717) is 5.69 Å². The highest BCUT2D eigenvalue weighted by molar-refractivity contribution is 7.89. The molecular weight excluding hydrogens is 451 g/mol. The minimum atomic E-state index is -3.81. The second-order valence-electron chi connectivity index (χ2n) is 5.45. The summed E-state index contributed by atoms with van der Waals surface area (Å²) < 4.78 is 23.4. The Bertz CT molecular complexity index is 1160. The molecule has 3 aromatic rings. The highest BCUT2D eigenvalue weighted by Gasteiger charge is 2.22. The van der Waals surface area contributed by atoms with Gasteiger partial charge in [0.2, 0.25) is 21.9 Å². The van der Waals surface area contributed by atoms with Gasteiger partial charge in [0.05, 0.1) is 20.5 Å². The number of hydrogen-bond acceptors (Lipinski definition) is 7. The molecule has 0 saturated heterocycles. The lowest BCUT2D eigenvalue weighted by atomic mass is 10.2. The molecule has 5 N–H and O–H groups in total. The number of primary sulfonamides is 1. The summed E-state index contributed by atoms with van der Waals surface area (Å²) in [6, 6.07) is 8.23. The molecule has 1 aromatic heterocycles. The lowest BCUT2D eigenvalue weighted by molar-refractivity contribution is 0.0948. The third-order valence-corrected chi connectivity index (χ3v) is 5.23. The van der Waals surface area contributed by atoms with E-state index in [2.05, 4.69) is 15.4 Å². The Balaban J connectivity index is 1.89. The van der Waals surface area contributed by atoms with Crippen LogP contribution in [-0.2, 0) is 10.0 Å². The molecule has 3 rings (SSSR count). The number of halogens is 3. The zero-order chi connectivity index (χ0) is 20.6. The lowest BCUT2D eigenvalue weighted by Gasteiger charge is -2.07. The summed E-state index contributed by atoms with van der Waals surface area (Å²) in [6.45, 7) is 0. The summed E-state index contributed by atoms with van der Waals surface area (Å²) in [7, 11) is -3.81. The van der Waals surface area contributed by atoms with Gasteiger partial charge in [0, 0.05) is 10.7 Å². The number of aromatic nitrogens is 3. The van der Waals surface area contributed by atoms with Gasteiger partial charge in [-0.3, -0.25) is 4.79 Å². The summed E-state index contributed by atoms with van der Waals surface area (Å²) in [5, 5.41) is 12.2. The molecule has 9 nitrogen and oxygen atoms in total. The SMILES string of the molecule is Nc1nc(Nc2ccc(S(N)(=O)=O)cc2)nn1C(=O)c1c(Cl)cc(Cl)cc1Cl. The van der Waals surface area contributed by atoms with Crippen LogP contribution in [-0.4, -0.2) is 29.1 Å². The van der Waals surface area contributed by atoms with Crippen molar-refractivity contribution in [2.45, 2.75) is 4.90 Å². The number of sulfonamides is 1. The fourth-order valence-electron chi connectivity index (χ4n) is 2.24. The summed E-state index contributed by atoms with van der Waals surface area (Å²) in [5.41, 5.74) is 6.18. The molecule has 0 aliphatic carbocycles. The van der Waals surface area contributed by atoms with Crippen molar-refractivity contribution in [3.05, 3.63) is 57.0 Å². The van der Waals surface area contributed by atoms with E-state index in [-0.39, 0.29) is 37.4 Å². The smallest absolute Gasteiger partial charge is 0.284 e. The Kier molecular flexibility index (Phi) is 5.50. The number of benzene rings is 2. The van der Waals surface area contributed by atoms with E-state index in [1.165, 1.54) is 36.4 Å². The van der Waals surface area contributed by atoms with Gasteiger partial charge in [-0.1, -0.05) is 34.8 Å². The standard InChI is InChI=1S/C15H11Cl3N6O3S/c16-7-5-10(17)12(11(18)6-7)13(25)24-14(19)22-15(23-24)21-8-1-3-9(4-2-8)28(20,26)27/h1-6H,(H2,20,26,27)(H3,19,21,22,23). The van der Waals surface area contributed by atoms with Crippen LogP contribution in [0.15, 0.2) is 41.3 Å². The fraction of sp³-hybridized carbons (Fsp3) is 0. The van der Waals surface area contributed by atoms with Gasteiger partial charge in [0.15, 0.2) is 0 Å². The van der Waals surface area contributed by atoms with Crippen molar-refractivity contribution >= 4 is 68.3 Å². The Morgan fingerprint density at radius 3 is 2.18 bits per heavy atom. The van der Waals surface area contributed by atoms with Crippen LogP contribution in [0.4, 0.5) is 17.6 Å². The molecule has 0 aliphatic rings. The average Bonchev–Trinajstić information content (AvgIpc) is 2.93. The molecule has 0 saturated carbocycles. The lowest BCUT2D eigenvalue weighted by Crippen LogP contribution is -2.17. The number of carbonyl (C=O) groups is 1. The summed E-state index contributed by atoms with van der Waals surface area (Å²) in [5.74, 6) is -0.916. The zero-order valence-corrected chi connectivity index (χ0v) is 16.8. The van der Waals surface area contributed by atoms with Crippen molar-refractivity contribution < 1.29 is 13.2 Å². The van der Waals surface area contributed by atoms with Crippen LogP contribution in [0.2, 0.25) is 15.1 Å². The van der Waals surface area contributed by atoms with E-state index < -0.39 is 15.9 Å². The Hall–Kier alpha value is -2.37. The van der Waals surface area contributed by atoms with Gasteiger partial charge in [-0.05, 0) is 36.4 Å². The molecule has 13 heteroatoms. The summed E-state index contributed by atoms with van der Waals surface area (Å²) in [4.78, 5) is 16.6. The van der Waals surface area contributed by atoms with Crippen molar-refractivity contribution in [3.8, 4) is 0 Å². The van der Waals surface area contributed by atoms with Crippen molar-refractivity contribution in [2.75, 3.05) is 11.1 Å². The van der Waals surface area contributed by atoms with Crippen LogP contribution in [0.5, 0.6) is 0 Å². The third kappa shape index (κ3) is 4.21. The van der Waals surface area contributed by atoms with Crippen LogP contribution < -0.4 is 16.2 Å². The van der Waals surface area contributed by atoms with Gasteiger partial charge in [-0.2, -0.15) is 9.67 Å². The molecule has 0 unspecified atom stereocenters. The van der Waals surface area contributed by atoms with Crippen LogP contribution in [0.25, 0.3) is 0 Å². The maximum Gasteiger partial charge on any atom is 0.284 e. The minimum Gasteiger partial charge on any atom is -0.368 e. The molecule has 0 bridgehead atoms. The largest absolute Gasteiger partial charge is 0.368 e. The van der Waals surface area contributed by atoms with Crippen LogP contribution in [0.3, 0.4) is 0 Å². The van der Waals surface area contributed by atoms with E-state index in [1.54, 1.807) is 0 Å². The van der Waals surface area contributed by atoms with E-state index >= 15 is 0 Å². The maximum absolute atomic E-state index is 12.7. The first-order valence-electron chi connectivity index (χ1n) is 7.38. The van der Waals surface area contributed by atoms with Gasteiger partial charge in [-0.15, -0.1) is 5.10 Å². The normalized spacial score (nSPS) is 11.4. The average molecular weight is 462 g/mol. The van der Waals surface area contributed by atoms with E-state index in [1.807, 2.05) is 0 Å². The van der Waals surface area contributed by atoms with Crippen molar-refractivity contribution in [3.63, 3.8) is 0 Å². The maximum atomic E-state index is 12.7. The molecular formula is C15H11Cl3N6O3S. The number of nitrogens with zero attached hydrogens (tertiary/aromatic N) is 3. The van der Waals surface area contributed by atoms with Crippen LogP contribution in [0, 0.1) is 0 Å². The van der Waals surface area contributed by atoms with Gasteiger partial charge in [0.25, 0.3) is 5.91 Å². The summed E-state index contributed by atoms with van der Waals surface area (Å²) in [6.07, 6.45) is 0. The topological polar surface area (TPSA) is 146 Å². The van der Waals surface area contributed by atoms with Gasteiger partial charge in [0.1, 0.15) is 0 Å². The van der Waals surface area contributed by atoms with Crippen LogP contribution >= 0.6 is 34.8 Å². The highest BCUT2D eigenvalue weighted by atomic mass is 35.5. The highest BCUT2D eigenvalue weighted by Crippen LogP contribution is 2.30. The van der Waals surface area contributed by atoms with E-state index in [9.17, 15) is 13.2 Å². The van der Waals surface area contributed by atoms with Crippen molar-refractivity contribution in [1.82, 2.24) is 14.8 Å². The number of hydrogen-bond donors (Lipinski definition) is 3. The minimum absolute atomic E-state index is 0.00425. The Morgan fingerprint density at radius 2 is 1.64 bits per heavy atom. The summed E-state index contributed by atoms with van der Waals surface area (Å²) >= 11 is 17.9. The molecule has 0 radical (unpaired) electrons. The fourth-order valence-corrected chi connectivity index (χ4v) is 3.73. The molecule has 0 spiro atoms. The first-order valence-corrected chi connectivity index (χ1v) is 10.1. The van der Waals surface area contributed by atoms with Gasteiger partial charge >= 0.3 is 0 Å². The molecule has 0 fully saturated rings. The van der Waals surface area contributed by atoms with Crippen molar-refractivity contribution in [1.29, 1.82) is 0 Å². The zero-order valence-electron chi connectivity index (χ0n) is 13.7. The number of nitrogens with one attached hydrogen (secondary N) is 1. The third-order valence-electron chi connectivity index (χ3n) is 3.48. The quantitative estimate of drug-likeness (QED) is 0.541. The molecule has 2 aromatic carbocycles. The Morgan fingerprint density at radius 1 is 1.07 bits per heavy atom. The Labute approximate surface area is 174 Å². The number of nitrogen functional groups attached to an aromatic ring is 1. The van der Waals surface area contributed by atoms with Gasteiger partial charge in [-0.25, -0.2) is 13.6 Å². The van der Waals surface area contributed by atoms with E-state index in [0.717, 1.165) is 4.68 Å². The second-order valence-corrected chi connectivity index (χ2v) is 8.26. The predicted molar refractivity (Wildman–Crippen MR) is 107 cm³/mol. The first-order chi connectivity index (χ1) is 13.1. The predicted octanol–water partition coefficient (Wildman–Crippen LogP) is 2.90. The monoisotopic (exact) mass is 460 g/mol.